The van der Waals surface area contributed by atoms with Crippen molar-refractivity contribution in [1.82, 2.24) is 5.43 Å². The van der Waals surface area contributed by atoms with Gasteiger partial charge in [-0.3, -0.25) is 4.79 Å². The summed E-state index contributed by atoms with van der Waals surface area (Å²) in [5.74, 6) is -0.143. The molecule has 170 valence electrons. The highest BCUT2D eigenvalue weighted by molar-refractivity contribution is 5.91. The van der Waals surface area contributed by atoms with Crippen molar-refractivity contribution in [2.24, 2.45) is 5.10 Å². The van der Waals surface area contributed by atoms with Crippen LogP contribution in [0.3, 0.4) is 0 Å². The fraction of sp³-hybridized carbons (Fsp3) is 0.125. The average Bonchev–Trinajstić information content (AvgIpc) is 2.80. The third-order valence-electron chi connectivity index (χ3n) is 4.44. The Morgan fingerprint density at radius 3 is 2.27 bits per heavy atom. The standard InChI is InChI=1S/C24H19F3N2O4/c1-32-20-11-7-18(8-12-20)23(31)33-21-9-5-16(6-10-21)15-28-29-22(30)14-17-3-2-4-19(13-17)24(25,26)27/h2-13,15H,14H2,1H3,(H,29,30)/b28-15-. The molecule has 1 amide bonds. The molecule has 3 rings (SSSR count). The van der Waals surface area contributed by atoms with Crippen LogP contribution in [-0.4, -0.2) is 25.2 Å². The van der Waals surface area contributed by atoms with Crippen LogP contribution in [0.4, 0.5) is 13.2 Å². The number of nitrogens with one attached hydrogen (secondary N) is 1. The van der Waals surface area contributed by atoms with Crippen LogP contribution < -0.4 is 14.9 Å². The maximum absolute atomic E-state index is 12.8. The average molecular weight is 456 g/mol. The van der Waals surface area contributed by atoms with Gasteiger partial charge in [0.2, 0.25) is 5.91 Å². The number of ether oxygens (including phenoxy) is 2. The van der Waals surface area contributed by atoms with E-state index in [1.807, 2.05) is 0 Å². The number of hydrogen-bond acceptors (Lipinski definition) is 5. The van der Waals surface area contributed by atoms with Crippen molar-refractivity contribution in [1.29, 1.82) is 0 Å². The van der Waals surface area contributed by atoms with E-state index in [0.717, 1.165) is 12.1 Å². The lowest BCUT2D eigenvalue weighted by molar-refractivity contribution is -0.137. The summed E-state index contributed by atoms with van der Waals surface area (Å²) in [6.45, 7) is 0. The first-order valence-electron chi connectivity index (χ1n) is 9.69. The monoisotopic (exact) mass is 456 g/mol. The smallest absolute Gasteiger partial charge is 0.416 e. The van der Waals surface area contributed by atoms with E-state index in [0.29, 0.717) is 22.6 Å². The first-order valence-corrected chi connectivity index (χ1v) is 9.69. The predicted octanol–water partition coefficient (Wildman–Crippen LogP) is 4.63. The molecule has 0 bridgehead atoms. The van der Waals surface area contributed by atoms with Crippen molar-refractivity contribution in [3.8, 4) is 11.5 Å². The molecule has 0 radical (unpaired) electrons. The summed E-state index contributed by atoms with van der Waals surface area (Å²) < 4.78 is 48.6. The normalized spacial score (nSPS) is 11.3. The van der Waals surface area contributed by atoms with Gasteiger partial charge in [-0.15, -0.1) is 0 Å². The third kappa shape index (κ3) is 6.93. The maximum Gasteiger partial charge on any atom is 0.416 e. The number of amides is 1. The van der Waals surface area contributed by atoms with Gasteiger partial charge in [0, 0.05) is 0 Å². The summed E-state index contributed by atoms with van der Waals surface area (Å²) in [4.78, 5) is 24.1. The van der Waals surface area contributed by atoms with Gasteiger partial charge < -0.3 is 9.47 Å². The van der Waals surface area contributed by atoms with Gasteiger partial charge in [-0.2, -0.15) is 18.3 Å². The van der Waals surface area contributed by atoms with Crippen LogP contribution in [0.5, 0.6) is 11.5 Å². The van der Waals surface area contributed by atoms with Crippen LogP contribution in [-0.2, 0) is 17.4 Å². The van der Waals surface area contributed by atoms with Gasteiger partial charge in [-0.1, -0.05) is 18.2 Å². The molecule has 9 heteroatoms. The zero-order chi connectivity index (χ0) is 23.8. The zero-order valence-electron chi connectivity index (χ0n) is 17.4. The number of esters is 1. The second kappa shape index (κ2) is 10.4. The maximum atomic E-state index is 12.8. The van der Waals surface area contributed by atoms with Gasteiger partial charge >= 0.3 is 12.1 Å². The highest BCUT2D eigenvalue weighted by Crippen LogP contribution is 2.29. The molecule has 33 heavy (non-hydrogen) atoms. The number of halogens is 3. The second-order valence-electron chi connectivity index (χ2n) is 6.86. The Labute approximate surface area is 187 Å². The number of carbonyl (C=O) groups is 2. The number of methoxy groups -OCH3 is 1. The second-order valence-corrected chi connectivity index (χ2v) is 6.86. The summed E-state index contributed by atoms with van der Waals surface area (Å²) in [7, 11) is 1.53. The fourth-order valence-corrected chi connectivity index (χ4v) is 2.78. The molecule has 0 saturated heterocycles. The lowest BCUT2D eigenvalue weighted by atomic mass is 10.1. The molecule has 0 aliphatic rings. The Balaban J connectivity index is 1.51. The van der Waals surface area contributed by atoms with Crippen LogP contribution in [0.1, 0.15) is 27.0 Å². The van der Waals surface area contributed by atoms with E-state index < -0.39 is 23.6 Å². The Bertz CT molecular complexity index is 1140. The number of carbonyl (C=O) groups excluding carboxylic acids is 2. The molecule has 3 aromatic rings. The molecular formula is C24H19F3N2O4. The molecule has 0 heterocycles. The van der Waals surface area contributed by atoms with Gasteiger partial charge in [0.25, 0.3) is 0 Å². The van der Waals surface area contributed by atoms with Gasteiger partial charge in [0.15, 0.2) is 0 Å². The minimum Gasteiger partial charge on any atom is -0.497 e. The molecule has 3 aromatic carbocycles. The van der Waals surface area contributed by atoms with Crippen molar-refractivity contribution in [2.45, 2.75) is 12.6 Å². The summed E-state index contributed by atoms with van der Waals surface area (Å²) in [5, 5.41) is 3.80. The van der Waals surface area contributed by atoms with Crippen molar-refractivity contribution >= 4 is 18.1 Å². The molecule has 0 spiro atoms. The fourth-order valence-electron chi connectivity index (χ4n) is 2.78. The Kier molecular flexibility index (Phi) is 7.45. The Morgan fingerprint density at radius 2 is 1.64 bits per heavy atom. The van der Waals surface area contributed by atoms with Crippen LogP contribution in [0.25, 0.3) is 0 Å². The molecule has 0 atom stereocenters. The largest absolute Gasteiger partial charge is 0.497 e. The SMILES string of the molecule is COc1ccc(C(=O)Oc2ccc(/C=N\NC(=O)Cc3cccc(C(F)(F)F)c3)cc2)cc1. The number of alkyl halides is 3. The number of nitrogens with zero attached hydrogens (tertiary/aromatic N) is 1. The van der Waals surface area contributed by atoms with Crippen molar-refractivity contribution < 1.29 is 32.2 Å². The van der Waals surface area contributed by atoms with Crippen LogP contribution >= 0.6 is 0 Å². The van der Waals surface area contributed by atoms with E-state index in [4.69, 9.17) is 9.47 Å². The molecule has 0 saturated carbocycles. The zero-order valence-corrected chi connectivity index (χ0v) is 17.4. The topological polar surface area (TPSA) is 77.0 Å². The van der Waals surface area contributed by atoms with Crippen LogP contribution in [0.2, 0.25) is 0 Å². The van der Waals surface area contributed by atoms with E-state index in [1.54, 1.807) is 48.5 Å². The minimum atomic E-state index is -4.47. The predicted molar refractivity (Wildman–Crippen MR) is 115 cm³/mol. The third-order valence-corrected chi connectivity index (χ3v) is 4.44. The number of rotatable bonds is 7. The summed E-state index contributed by atoms with van der Waals surface area (Å²) in [6.07, 6.45) is -3.36. The van der Waals surface area contributed by atoms with Gasteiger partial charge in [0.1, 0.15) is 11.5 Å². The van der Waals surface area contributed by atoms with E-state index >= 15 is 0 Å². The highest BCUT2D eigenvalue weighted by Gasteiger charge is 2.30. The number of hydrazone groups is 1. The molecule has 0 aromatic heterocycles. The molecule has 1 N–H and O–H groups in total. The van der Waals surface area contributed by atoms with E-state index in [9.17, 15) is 22.8 Å². The van der Waals surface area contributed by atoms with Gasteiger partial charge in [-0.25, -0.2) is 10.2 Å². The first-order chi connectivity index (χ1) is 15.7. The molecule has 0 aliphatic carbocycles. The Hall–Kier alpha value is -4.14. The van der Waals surface area contributed by atoms with Crippen LogP contribution in [0, 0.1) is 0 Å². The first kappa shape index (κ1) is 23.5. The Morgan fingerprint density at radius 1 is 0.970 bits per heavy atom. The lowest BCUT2D eigenvalue weighted by Gasteiger charge is -2.08. The van der Waals surface area contributed by atoms with E-state index in [1.165, 1.54) is 25.5 Å². The summed E-state index contributed by atoms with van der Waals surface area (Å²) in [5.41, 5.74) is 2.65. The summed E-state index contributed by atoms with van der Waals surface area (Å²) >= 11 is 0. The van der Waals surface area contributed by atoms with Gasteiger partial charge in [0.05, 0.1) is 30.9 Å². The summed E-state index contributed by atoms with van der Waals surface area (Å²) in [6, 6.07) is 17.4. The number of hydrogen-bond donors (Lipinski definition) is 1. The molecule has 0 aliphatic heterocycles. The molecular weight excluding hydrogens is 437 g/mol. The number of benzene rings is 3. The quantitative estimate of drug-likeness (QED) is 0.244. The highest BCUT2D eigenvalue weighted by atomic mass is 19.4. The van der Waals surface area contributed by atoms with E-state index in [-0.39, 0.29) is 12.0 Å². The van der Waals surface area contributed by atoms with Crippen molar-refractivity contribution in [3.63, 3.8) is 0 Å². The minimum absolute atomic E-state index is 0.223. The molecule has 6 nitrogen and oxygen atoms in total. The van der Waals surface area contributed by atoms with Crippen LogP contribution in [0.15, 0.2) is 77.9 Å². The molecule has 0 fully saturated rings. The lowest BCUT2D eigenvalue weighted by Crippen LogP contribution is -2.20. The van der Waals surface area contributed by atoms with Crippen molar-refractivity contribution in [3.05, 3.63) is 95.1 Å². The van der Waals surface area contributed by atoms with Gasteiger partial charge in [-0.05, 0) is 65.7 Å². The van der Waals surface area contributed by atoms with E-state index in [2.05, 4.69) is 10.5 Å². The van der Waals surface area contributed by atoms with Crippen molar-refractivity contribution in [2.75, 3.05) is 7.11 Å². The molecule has 0 unspecified atom stereocenters.